The minimum atomic E-state index is -3.99. The largest absolute Gasteiger partial charge is 0.491 e. The molecule has 39 heavy (non-hydrogen) atoms. The standard InChI is InChI=1S/C27H33N5O6S/c1-18-3-11-24(12-4-18)39(36,37)30-26(33)31(2)25-20-7-8-21(25)15-32(14-20)16-22(29-27(34)35)17-38-23-9-5-19(13-28)6-10-23/h3-6,9-12,20-22,25,29H,7-8,14-17H2,1-2H3,(H,30,33)(H,34,35)/t20?,21?,22-,25?/m0/s1. The van der Waals surface area contributed by atoms with Crippen LogP contribution >= 0.6 is 0 Å². The molecule has 0 radical (unpaired) electrons. The van der Waals surface area contributed by atoms with Crippen molar-refractivity contribution in [3.05, 3.63) is 59.7 Å². The first-order valence-electron chi connectivity index (χ1n) is 12.8. The summed E-state index contributed by atoms with van der Waals surface area (Å²) in [5.41, 5.74) is 1.43. The molecule has 11 nitrogen and oxygen atoms in total. The summed E-state index contributed by atoms with van der Waals surface area (Å²) in [5.74, 6) is 0.802. The summed E-state index contributed by atoms with van der Waals surface area (Å²) in [6.07, 6.45) is 0.646. The number of amides is 3. The van der Waals surface area contributed by atoms with E-state index in [1.165, 1.54) is 17.0 Å². The Morgan fingerprint density at radius 1 is 1.13 bits per heavy atom. The van der Waals surface area contributed by atoms with Gasteiger partial charge in [-0.25, -0.2) is 22.7 Å². The topological polar surface area (TPSA) is 152 Å². The maximum Gasteiger partial charge on any atom is 0.405 e. The highest BCUT2D eigenvalue weighted by Gasteiger charge is 2.46. The highest BCUT2D eigenvalue weighted by atomic mass is 32.2. The SMILES string of the molecule is Cc1ccc(S(=O)(=O)NC(=O)N(C)C2C3CCC2CN(C[C@@H](COc2ccc(C#N)cc2)NC(=O)O)C3)cc1. The van der Waals surface area contributed by atoms with Gasteiger partial charge in [-0.15, -0.1) is 0 Å². The Bertz CT molecular complexity index is 1310. The van der Waals surface area contributed by atoms with Crippen molar-refractivity contribution in [2.75, 3.05) is 33.3 Å². The molecule has 208 valence electrons. The zero-order valence-electron chi connectivity index (χ0n) is 21.9. The highest BCUT2D eigenvalue weighted by molar-refractivity contribution is 7.90. The van der Waals surface area contributed by atoms with E-state index in [2.05, 4.69) is 14.9 Å². The molecule has 1 heterocycles. The lowest BCUT2D eigenvalue weighted by atomic mass is 9.91. The van der Waals surface area contributed by atoms with E-state index in [1.807, 2.05) is 13.0 Å². The Hall–Kier alpha value is -3.82. The summed E-state index contributed by atoms with van der Waals surface area (Å²) in [5, 5.41) is 20.8. The number of carbonyl (C=O) groups excluding carboxylic acids is 1. The second-order valence-electron chi connectivity index (χ2n) is 10.2. The van der Waals surface area contributed by atoms with Crippen LogP contribution in [0.5, 0.6) is 5.75 Å². The molecule has 0 aromatic heterocycles. The van der Waals surface area contributed by atoms with E-state index in [4.69, 9.17) is 10.00 Å². The maximum atomic E-state index is 13.0. The van der Waals surface area contributed by atoms with Crippen LogP contribution in [0, 0.1) is 30.1 Å². The van der Waals surface area contributed by atoms with Gasteiger partial charge in [0.2, 0.25) is 0 Å². The van der Waals surface area contributed by atoms with Gasteiger partial charge in [0, 0.05) is 32.7 Å². The molecule has 2 aromatic rings. The number of piperidine rings is 1. The molecule has 12 heteroatoms. The predicted octanol–water partition coefficient (Wildman–Crippen LogP) is 2.62. The lowest BCUT2D eigenvalue weighted by Crippen LogP contribution is -2.57. The van der Waals surface area contributed by atoms with E-state index >= 15 is 0 Å². The molecular formula is C27H33N5O6S. The number of benzene rings is 2. The van der Waals surface area contributed by atoms with Crippen LogP contribution in [0.1, 0.15) is 24.0 Å². The Balaban J connectivity index is 1.35. The van der Waals surface area contributed by atoms with Crippen molar-refractivity contribution >= 4 is 22.1 Å². The number of carbonyl (C=O) groups is 2. The number of nitrogens with one attached hydrogen (secondary N) is 2. The molecule has 1 aliphatic carbocycles. The van der Waals surface area contributed by atoms with E-state index in [-0.39, 0.29) is 29.4 Å². The Morgan fingerprint density at radius 3 is 2.31 bits per heavy atom. The molecule has 2 unspecified atom stereocenters. The average molecular weight is 556 g/mol. The minimum Gasteiger partial charge on any atom is -0.491 e. The van der Waals surface area contributed by atoms with Gasteiger partial charge in [0.05, 0.1) is 22.6 Å². The molecule has 1 aliphatic heterocycles. The molecule has 2 bridgehead atoms. The molecule has 2 aliphatic rings. The van der Waals surface area contributed by atoms with E-state index in [9.17, 15) is 23.1 Å². The van der Waals surface area contributed by atoms with Crippen molar-refractivity contribution in [3.8, 4) is 11.8 Å². The number of fused-ring (bicyclic) bond motifs is 2. The molecule has 3 amide bonds. The molecular weight excluding hydrogens is 522 g/mol. The summed E-state index contributed by atoms with van der Waals surface area (Å²) in [6.45, 7) is 3.70. The van der Waals surface area contributed by atoms with Crippen LogP contribution in [-0.4, -0.2) is 80.8 Å². The number of hydrogen-bond acceptors (Lipinski definition) is 7. The number of nitrogens with zero attached hydrogens (tertiary/aromatic N) is 3. The predicted molar refractivity (Wildman–Crippen MR) is 143 cm³/mol. The number of aryl methyl sites for hydroxylation is 1. The molecule has 3 N–H and O–H groups in total. The summed E-state index contributed by atoms with van der Waals surface area (Å²) in [6, 6.07) is 13.7. The van der Waals surface area contributed by atoms with Gasteiger partial charge in [-0.05, 0) is 68.0 Å². The third kappa shape index (κ3) is 6.99. The number of ether oxygens (including phenoxy) is 1. The lowest BCUT2D eigenvalue weighted by molar-refractivity contribution is 0.0676. The highest BCUT2D eigenvalue weighted by Crippen LogP contribution is 2.39. The fraction of sp³-hybridized carbons (Fsp3) is 0.444. The first kappa shape index (κ1) is 28.2. The maximum absolute atomic E-state index is 13.0. The van der Waals surface area contributed by atoms with Crippen LogP contribution in [0.3, 0.4) is 0 Å². The molecule has 4 rings (SSSR count). The van der Waals surface area contributed by atoms with Crippen LogP contribution < -0.4 is 14.8 Å². The van der Waals surface area contributed by atoms with E-state index < -0.39 is 28.2 Å². The van der Waals surface area contributed by atoms with Crippen LogP contribution in [0.25, 0.3) is 0 Å². The fourth-order valence-electron chi connectivity index (χ4n) is 5.62. The number of carboxylic acid groups (broad SMARTS) is 1. The third-order valence-electron chi connectivity index (χ3n) is 7.42. The van der Waals surface area contributed by atoms with Gasteiger partial charge < -0.3 is 25.0 Å². The molecule has 0 spiro atoms. The summed E-state index contributed by atoms with van der Waals surface area (Å²) in [7, 11) is -2.36. The third-order valence-corrected chi connectivity index (χ3v) is 8.76. The number of hydrogen-bond donors (Lipinski definition) is 3. The van der Waals surface area contributed by atoms with Crippen LogP contribution in [0.2, 0.25) is 0 Å². The van der Waals surface area contributed by atoms with Crippen molar-refractivity contribution in [3.63, 3.8) is 0 Å². The molecule has 3 atom stereocenters. The van der Waals surface area contributed by atoms with E-state index in [0.29, 0.717) is 30.9 Å². The zero-order valence-corrected chi connectivity index (χ0v) is 22.7. The van der Waals surface area contributed by atoms with Crippen LogP contribution in [0.15, 0.2) is 53.4 Å². The van der Waals surface area contributed by atoms with Crippen molar-refractivity contribution in [2.24, 2.45) is 11.8 Å². The van der Waals surface area contributed by atoms with Gasteiger partial charge in [-0.2, -0.15) is 5.26 Å². The average Bonchev–Trinajstić information content (AvgIpc) is 3.16. The fourth-order valence-corrected chi connectivity index (χ4v) is 6.61. The minimum absolute atomic E-state index is 0.0350. The van der Waals surface area contributed by atoms with Crippen molar-refractivity contribution < 1.29 is 27.9 Å². The smallest absolute Gasteiger partial charge is 0.405 e. The van der Waals surface area contributed by atoms with Gasteiger partial charge in [0.1, 0.15) is 12.4 Å². The first-order chi connectivity index (χ1) is 18.6. The zero-order chi connectivity index (χ0) is 28.2. The Kier molecular flexibility index (Phi) is 8.62. The van der Waals surface area contributed by atoms with Gasteiger partial charge in [0.15, 0.2) is 0 Å². The van der Waals surface area contributed by atoms with Gasteiger partial charge in [0.25, 0.3) is 10.0 Å². The van der Waals surface area contributed by atoms with Gasteiger partial charge in [-0.1, -0.05) is 17.7 Å². The molecule has 1 saturated carbocycles. The summed E-state index contributed by atoms with van der Waals surface area (Å²) < 4.78 is 33.4. The van der Waals surface area contributed by atoms with E-state index in [1.54, 1.807) is 43.4 Å². The number of urea groups is 1. The van der Waals surface area contributed by atoms with Crippen molar-refractivity contribution in [1.82, 2.24) is 19.8 Å². The molecule has 2 fully saturated rings. The molecule has 2 aromatic carbocycles. The Morgan fingerprint density at radius 2 is 1.74 bits per heavy atom. The van der Waals surface area contributed by atoms with E-state index in [0.717, 1.165) is 18.4 Å². The Labute approximate surface area is 228 Å². The summed E-state index contributed by atoms with van der Waals surface area (Å²) >= 11 is 0. The van der Waals surface area contributed by atoms with Crippen LogP contribution in [0.4, 0.5) is 9.59 Å². The lowest BCUT2D eigenvalue weighted by Gasteiger charge is -2.43. The van der Waals surface area contributed by atoms with Crippen molar-refractivity contribution in [2.45, 2.75) is 36.7 Å². The second-order valence-corrected chi connectivity index (χ2v) is 11.9. The number of likely N-dealkylation sites (tertiary alicyclic amines) is 1. The normalized spacial score (nSPS) is 21.4. The number of nitriles is 1. The van der Waals surface area contributed by atoms with Crippen LogP contribution in [-0.2, 0) is 10.0 Å². The van der Waals surface area contributed by atoms with Gasteiger partial charge >= 0.3 is 12.1 Å². The quantitative estimate of drug-likeness (QED) is 0.427. The van der Waals surface area contributed by atoms with Gasteiger partial charge in [-0.3, -0.25) is 0 Å². The van der Waals surface area contributed by atoms with Crippen molar-refractivity contribution in [1.29, 1.82) is 5.26 Å². The number of rotatable bonds is 9. The first-order valence-corrected chi connectivity index (χ1v) is 14.2. The summed E-state index contributed by atoms with van der Waals surface area (Å²) in [4.78, 5) is 28.1. The molecule has 1 saturated heterocycles. The monoisotopic (exact) mass is 555 g/mol. The number of sulfonamides is 1. The second kappa shape index (κ2) is 11.9.